The van der Waals surface area contributed by atoms with Crippen molar-refractivity contribution in [1.82, 2.24) is 10.6 Å². The summed E-state index contributed by atoms with van der Waals surface area (Å²) in [6, 6.07) is 7.76. The number of terminal acetylenes is 1. The van der Waals surface area contributed by atoms with Crippen LogP contribution in [0.25, 0.3) is 0 Å². The molecule has 0 aliphatic rings. The van der Waals surface area contributed by atoms with E-state index in [0.29, 0.717) is 13.0 Å². The standard InChI is InChI=1S/C16H20N2O3/c1-2-3-4-8-11-17-16(21)18-14(15(19)20)12-13-9-6-5-7-10-13/h1,5-7,9-10,14H,3-4,8,11-12H2,(H,19,20)(H2,17,18,21)/t14-/m0/s1. The van der Waals surface area contributed by atoms with E-state index in [1.54, 1.807) is 0 Å². The first-order valence-corrected chi connectivity index (χ1v) is 6.88. The summed E-state index contributed by atoms with van der Waals surface area (Å²) in [5.74, 6) is 1.47. The van der Waals surface area contributed by atoms with Crippen LogP contribution in [0, 0.1) is 12.3 Å². The lowest BCUT2D eigenvalue weighted by molar-refractivity contribution is -0.139. The fourth-order valence-electron chi connectivity index (χ4n) is 1.81. The van der Waals surface area contributed by atoms with Gasteiger partial charge < -0.3 is 15.7 Å². The molecule has 1 atom stereocenters. The summed E-state index contributed by atoms with van der Waals surface area (Å²) in [5, 5.41) is 14.3. The number of rotatable bonds is 8. The number of nitrogens with one attached hydrogen (secondary N) is 2. The van der Waals surface area contributed by atoms with Gasteiger partial charge in [-0.05, 0) is 18.4 Å². The van der Waals surface area contributed by atoms with E-state index in [9.17, 15) is 9.59 Å². The molecule has 2 amide bonds. The molecule has 0 aromatic heterocycles. The van der Waals surface area contributed by atoms with Crippen molar-refractivity contribution in [2.45, 2.75) is 31.7 Å². The van der Waals surface area contributed by atoms with Crippen LogP contribution in [0.15, 0.2) is 30.3 Å². The SMILES string of the molecule is C#CCCCCNC(=O)N[C@@H](Cc1ccccc1)C(=O)O. The molecule has 1 aromatic carbocycles. The van der Waals surface area contributed by atoms with Gasteiger partial charge in [-0.2, -0.15) is 0 Å². The van der Waals surface area contributed by atoms with Crippen LogP contribution in [0.4, 0.5) is 4.79 Å². The summed E-state index contributed by atoms with van der Waals surface area (Å²) in [6.07, 6.45) is 7.66. The molecule has 0 saturated carbocycles. The first-order valence-electron chi connectivity index (χ1n) is 6.88. The minimum absolute atomic E-state index is 0.251. The van der Waals surface area contributed by atoms with Gasteiger partial charge in [-0.1, -0.05) is 30.3 Å². The molecule has 0 fully saturated rings. The van der Waals surface area contributed by atoms with E-state index in [2.05, 4.69) is 16.6 Å². The lowest BCUT2D eigenvalue weighted by atomic mass is 10.1. The Morgan fingerprint density at radius 1 is 1.24 bits per heavy atom. The Morgan fingerprint density at radius 3 is 2.57 bits per heavy atom. The Morgan fingerprint density at radius 2 is 1.95 bits per heavy atom. The van der Waals surface area contributed by atoms with Crippen LogP contribution in [0.1, 0.15) is 24.8 Å². The second-order valence-electron chi connectivity index (χ2n) is 4.64. The third kappa shape index (κ3) is 7.02. The molecule has 1 rings (SSSR count). The van der Waals surface area contributed by atoms with E-state index < -0.39 is 18.0 Å². The molecular weight excluding hydrogens is 268 g/mol. The number of urea groups is 1. The largest absolute Gasteiger partial charge is 0.480 e. The monoisotopic (exact) mass is 288 g/mol. The molecule has 0 saturated heterocycles. The molecule has 0 aliphatic heterocycles. The highest BCUT2D eigenvalue weighted by Gasteiger charge is 2.19. The van der Waals surface area contributed by atoms with Gasteiger partial charge in [0.2, 0.25) is 0 Å². The summed E-state index contributed by atoms with van der Waals surface area (Å²) in [6.45, 7) is 0.477. The summed E-state index contributed by atoms with van der Waals surface area (Å²) in [7, 11) is 0. The van der Waals surface area contributed by atoms with Crippen LogP contribution in [0.3, 0.4) is 0 Å². The van der Waals surface area contributed by atoms with Crippen molar-refractivity contribution in [3.63, 3.8) is 0 Å². The molecule has 1 aromatic rings. The van der Waals surface area contributed by atoms with Crippen molar-refractivity contribution in [2.24, 2.45) is 0 Å². The minimum Gasteiger partial charge on any atom is -0.480 e. The maximum absolute atomic E-state index is 11.7. The third-order valence-corrected chi connectivity index (χ3v) is 2.92. The fraction of sp³-hybridized carbons (Fsp3) is 0.375. The maximum Gasteiger partial charge on any atom is 0.326 e. The number of hydrogen-bond acceptors (Lipinski definition) is 2. The Bertz CT molecular complexity index is 494. The summed E-state index contributed by atoms with van der Waals surface area (Å²) in [4.78, 5) is 22.8. The molecular formula is C16H20N2O3. The lowest BCUT2D eigenvalue weighted by Gasteiger charge is -2.15. The van der Waals surface area contributed by atoms with Crippen molar-refractivity contribution in [3.8, 4) is 12.3 Å². The van der Waals surface area contributed by atoms with Gasteiger partial charge in [0.05, 0.1) is 0 Å². The number of hydrogen-bond donors (Lipinski definition) is 3. The first-order chi connectivity index (χ1) is 10.1. The van der Waals surface area contributed by atoms with E-state index >= 15 is 0 Å². The van der Waals surface area contributed by atoms with Gasteiger partial charge in [-0.3, -0.25) is 0 Å². The predicted molar refractivity (Wildman–Crippen MR) is 80.8 cm³/mol. The van der Waals surface area contributed by atoms with Crippen molar-refractivity contribution >= 4 is 12.0 Å². The number of carboxylic acids is 1. The molecule has 0 bridgehead atoms. The zero-order valence-corrected chi connectivity index (χ0v) is 11.8. The molecule has 3 N–H and O–H groups in total. The van der Waals surface area contributed by atoms with Crippen molar-refractivity contribution in [1.29, 1.82) is 0 Å². The summed E-state index contributed by atoms with van der Waals surface area (Å²) < 4.78 is 0. The number of carbonyl (C=O) groups excluding carboxylic acids is 1. The number of carbonyl (C=O) groups is 2. The summed E-state index contributed by atoms with van der Waals surface area (Å²) >= 11 is 0. The van der Waals surface area contributed by atoms with E-state index in [-0.39, 0.29) is 6.42 Å². The number of amides is 2. The van der Waals surface area contributed by atoms with Crippen LogP contribution < -0.4 is 10.6 Å². The smallest absolute Gasteiger partial charge is 0.326 e. The predicted octanol–water partition coefficient (Wildman–Crippen LogP) is 1.78. The van der Waals surface area contributed by atoms with Crippen LogP contribution in [-0.2, 0) is 11.2 Å². The molecule has 0 unspecified atom stereocenters. The van der Waals surface area contributed by atoms with Gasteiger partial charge in [-0.25, -0.2) is 9.59 Å². The Hall–Kier alpha value is -2.48. The van der Waals surface area contributed by atoms with Gasteiger partial charge in [-0.15, -0.1) is 12.3 Å². The van der Waals surface area contributed by atoms with Gasteiger partial charge in [0.1, 0.15) is 6.04 Å². The van der Waals surface area contributed by atoms with Crippen molar-refractivity contribution < 1.29 is 14.7 Å². The minimum atomic E-state index is -1.05. The number of benzene rings is 1. The zero-order chi connectivity index (χ0) is 15.5. The average Bonchev–Trinajstić information content (AvgIpc) is 2.47. The van der Waals surface area contributed by atoms with Gasteiger partial charge in [0.25, 0.3) is 0 Å². The average molecular weight is 288 g/mol. The van der Waals surface area contributed by atoms with E-state index in [4.69, 9.17) is 11.5 Å². The quantitative estimate of drug-likeness (QED) is 0.504. The normalized spacial score (nSPS) is 11.2. The van der Waals surface area contributed by atoms with Crippen LogP contribution in [-0.4, -0.2) is 29.7 Å². The van der Waals surface area contributed by atoms with Crippen molar-refractivity contribution in [3.05, 3.63) is 35.9 Å². The Labute approximate surface area is 124 Å². The number of carboxylic acid groups (broad SMARTS) is 1. The van der Waals surface area contributed by atoms with Crippen LogP contribution in [0.5, 0.6) is 0 Å². The summed E-state index contributed by atoms with van der Waals surface area (Å²) in [5.41, 5.74) is 0.860. The second-order valence-corrected chi connectivity index (χ2v) is 4.64. The molecule has 0 radical (unpaired) electrons. The second kappa shape index (κ2) is 9.43. The highest BCUT2D eigenvalue weighted by molar-refractivity contribution is 5.82. The van der Waals surface area contributed by atoms with Crippen LogP contribution >= 0.6 is 0 Å². The third-order valence-electron chi connectivity index (χ3n) is 2.92. The zero-order valence-electron chi connectivity index (χ0n) is 11.8. The molecule has 5 heteroatoms. The maximum atomic E-state index is 11.7. The van der Waals surface area contributed by atoms with Gasteiger partial charge in [0.15, 0.2) is 0 Å². The van der Waals surface area contributed by atoms with E-state index in [1.807, 2.05) is 30.3 Å². The van der Waals surface area contributed by atoms with Crippen LogP contribution in [0.2, 0.25) is 0 Å². The number of unbranched alkanes of at least 4 members (excludes halogenated alkanes) is 2. The Kier molecular flexibility index (Phi) is 7.44. The topological polar surface area (TPSA) is 78.4 Å². The van der Waals surface area contributed by atoms with Gasteiger partial charge >= 0.3 is 12.0 Å². The molecule has 21 heavy (non-hydrogen) atoms. The molecule has 0 heterocycles. The first kappa shape index (κ1) is 16.6. The van der Waals surface area contributed by atoms with Crippen molar-refractivity contribution in [2.75, 3.05) is 6.54 Å². The molecule has 5 nitrogen and oxygen atoms in total. The lowest BCUT2D eigenvalue weighted by Crippen LogP contribution is -2.47. The molecule has 112 valence electrons. The highest BCUT2D eigenvalue weighted by Crippen LogP contribution is 2.03. The number of aliphatic carboxylic acids is 1. The molecule has 0 aliphatic carbocycles. The highest BCUT2D eigenvalue weighted by atomic mass is 16.4. The van der Waals surface area contributed by atoms with E-state index in [1.165, 1.54) is 0 Å². The fourth-order valence-corrected chi connectivity index (χ4v) is 1.81. The Balaban J connectivity index is 2.38. The van der Waals surface area contributed by atoms with E-state index in [0.717, 1.165) is 18.4 Å². The van der Waals surface area contributed by atoms with Gasteiger partial charge in [0, 0.05) is 19.4 Å². The molecule has 0 spiro atoms.